The van der Waals surface area contributed by atoms with E-state index >= 15 is 0 Å². The van der Waals surface area contributed by atoms with Crippen molar-refractivity contribution in [2.45, 2.75) is 142 Å². The Kier molecular flexibility index (Phi) is 10.5. The molecule has 4 rings (SSSR count). The number of unbranched alkanes of at least 4 members (excludes halogenated alkanes) is 2. The molecule has 8 heteroatoms. The van der Waals surface area contributed by atoms with E-state index in [9.17, 15) is 9.59 Å². The third-order valence-electron chi connectivity index (χ3n) is 7.92. The molecule has 1 N–H and O–H groups in total. The van der Waals surface area contributed by atoms with Gasteiger partial charge < -0.3 is 19.9 Å². The quantitative estimate of drug-likeness (QED) is 0.503. The lowest BCUT2D eigenvalue weighted by molar-refractivity contribution is -0.0163. The Morgan fingerprint density at radius 2 is 1.19 bits per heavy atom. The Hall–Kier alpha value is -1.54. The number of amides is 3. The van der Waals surface area contributed by atoms with Gasteiger partial charge in [0.1, 0.15) is 5.60 Å². The van der Waals surface area contributed by atoms with Crippen LogP contribution >= 0.6 is 0 Å². The molecule has 4 fully saturated rings. The van der Waals surface area contributed by atoms with Crippen LogP contribution in [0.5, 0.6) is 0 Å². The van der Waals surface area contributed by atoms with Crippen LogP contribution in [0.1, 0.15) is 100 Å². The molecule has 0 bridgehead atoms. The number of hydrogen-bond donors (Lipinski definition) is 1. The summed E-state index contributed by atoms with van der Waals surface area (Å²) in [5.74, 6) is 0. The molecule has 0 unspecified atom stereocenters. The van der Waals surface area contributed by atoms with Crippen LogP contribution in [0.3, 0.4) is 0 Å². The van der Waals surface area contributed by atoms with Crippen molar-refractivity contribution in [2.75, 3.05) is 32.7 Å². The highest BCUT2D eigenvalue weighted by molar-refractivity contribution is 5.75. The van der Waals surface area contributed by atoms with Gasteiger partial charge in [-0.3, -0.25) is 9.80 Å². The van der Waals surface area contributed by atoms with Crippen molar-refractivity contribution in [3.8, 4) is 0 Å². The van der Waals surface area contributed by atoms with Gasteiger partial charge in [-0.25, -0.2) is 9.59 Å². The zero-order valence-corrected chi connectivity index (χ0v) is 25.0. The summed E-state index contributed by atoms with van der Waals surface area (Å²) in [6.07, 6.45) is 8.66. The van der Waals surface area contributed by atoms with E-state index in [0.717, 1.165) is 51.2 Å². The molecule has 0 radical (unpaired) electrons. The molecule has 214 valence electrons. The first-order valence-corrected chi connectivity index (χ1v) is 15.0. The van der Waals surface area contributed by atoms with E-state index in [2.05, 4.69) is 49.7 Å². The van der Waals surface area contributed by atoms with Crippen molar-refractivity contribution in [3.63, 3.8) is 0 Å². The van der Waals surface area contributed by atoms with Crippen molar-refractivity contribution >= 4 is 12.1 Å². The summed E-state index contributed by atoms with van der Waals surface area (Å²) in [5.41, 5.74) is -0.413. The molecule has 0 aromatic carbocycles. The van der Waals surface area contributed by atoms with Gasteiger partial charge in [-0.15, -0.1) is 0 Å². The highest BCUT2D eigenvalue weighted by Gasteiger charge is 2.40. The Bertz CT molecular complexity index is 724. The van der Waals surface area contributed by atoms with Crippen LogP contribution in [0.15, 0.2) is 0 Å². The lowest BCUT2D eigenvalue weighted by atomic mass is 10.1. The molecule has 2 saturated heterocycles. The normalized spacial score (nSPS) is 29.4. The molecule has 37 heavy (non-hydrogen) atoms. The number of carbonyl (C=O) groups is 2. The van der Waals surface area contributed by atoms with Crippen molar-refractivity contribution in [1.29, 1.82) is 0 Å². The third-order valence-corrected chi connectivity index (χ3v) is 7.92. The zero-order valence-electron chi connectivity index (χ0n) is 25.0. The maximum atomic E-state index is 12.3. The summed E-state index contributed by atoms with van der Waals surface area (Å²) in [6.45, 7) is 21.4. The van der Waals surface area contributed by atoms with E-state index in [1.165, 1.54) is 38.5 Å². The summed E-state index contributed by atoms with van der Waals surface area (Å²) in [7, 11) is 0. The van der Waals surface area contributed by atoms with Gasteiger partial charge >= 0.3 is 12.1 Å². The molecule has 0 aromatic rings. The maximum Gasteiger partial charge on any atom is 0.410 e. The second-order valence-corrected chi connectivity index (χ2v) is 13.0. The Labute approximate surface area is 226 Å². The van der Waals surface area contributed by atoms with Crippen LogP contribution in [-0.4, -0.2) is 106 Å². The summed E-state index contributed by atoms with van der Waals surface area (Å²) < 4.78 is 5.50. The van der Waals surface area contributed by atoms with E-state index in [0.29, 0.717) is 12.1 Å². The molecule has 2 aliphatic carbocycles. The first kappa shape index (κ1) is 30.0. The van der Waals surface area contributed by atoms with Gasteiger partial charge in [0, 0.05) is 69.0 Å². The average Bonchev–Trinajstić information content (AvgIpc) is 3.68. The van der Waals surface area contributed by atoms with E-state index in [1.54, 1.807) is 0 Å². The van der Waals surface area contributed by atoms with Gasteiger partial charge in [-0.1, -0.05) is 19.8 Å². The van der Waals surface area contributed by atoms with Crippen molar-refractivity contribution in [3.05, 3.63) is 0 Å². The molecule has 4 aliphatic rings. The van der Waals surface area contributed by atoms with E-state index in [4.69, 9.17) is 4.74 Å². The average molecular weight is 522 g/mol. The SMILES string of the molecule is CCCCCNC(=O)N1[C@H](C)CN(C2CC2)C[C@@H]1C.C[C@@H]1CN(C2CC2)C[C@H](C)N1C(=O)OC(C)(C)C. The fourth-order valence-electron chi connectivity index (χ4n) is 5.94. The van der Waals surface area contributed by atoms with Gasteiger partial charge in [0.2, 0.25) is 0 Å². The lowest BCUT2D eigenvalue weighted by Crippen LogP contribution is -2.61. The van der Waals surface area contributed by atoms with Crippen LogP contribution in [-0.2, 0) is 4.74 Å². The summed E-state index contributed by atoms with van der Waals surface area (Å²) >= 11 is 0. The first-order valence-electron chi connectivity index (χ1n) is 15.0. The Morgan fingerprint density at radius 3 is 1.57 bits per heavy atom. The molecule has 0 spiro atoms. The summed E-state index contributed by atoms with van der Waals surface area (Å²) in [6, 6.07) is 2.85. The van der Waals surface area contributed by atoms with Crippen molar-refractivity contribution < 1.29 is 14.3 Å². The second kappa shape index (κ2) is 13.0. The van der Waals surface area contributed by atoms with E-state index in [-0.39, 0.29) is 24.2 Å². The van der Waals surface area contributed by atoms with Crippen LogP contribution in [0.4, 0.5) is 9.59 Å². The molecule has 0 aromatic heterocycles. The van der Waals surface area contributed by atoms with Crippen LogP contribution in [0.2, 0.25) is 0 Å². The summed E-state index contributed by atoms with van der Waals surface area (Å²) in [5, 5.41) is 3.08. The smallest absolute Gasteiger partial charge is 0.410 e. The van der Waals surface area contributed by atoms with Gasteiger partial charge in [-0.2, -0.15) is 0 Å². The number of urea groups is 1. The molecule has 4 atom stereocenters. The van der Waals surface area contributed by atoms with Gasteiger partial charge in [0.05, 0.1) is 0 Å². The van der Waals surface area contributed by atoms with Crippen LogP contribution < -0.4 is 5.32 Å². The standard InChI is InChI=1S/C15H29N3O.C14H26N2O2/c1-4-5-6-9-16-15(19)18-12(2)10-17(11-13(18)3)14-7-8-14;1-10-8-15(12-6-7-12)9-11(2)16(10)13(17)18-14(3,4)5/h12-14H,4-11H2,1-3H3,(H,16,19);10-12H,6-9H2,1-5H3/t12-,13+;10-,11+. The molecule has 2 saturated carbocycles. The topological polar surface area (TPSA) is 68.4 Å². The second-order valence-electron chi connectivity index (χ2n) is 13.0. The number of piperazine rings is 2. The number of rotatable bonds is 6. The minimum atomic E-state index is -0.413. The monoisotopic (exact) mass is 521 g/mol. The fourth-order valence-corrected chi connectivity index (χ4v) is 5.94. The molecular weight excluding hydrogens is 466 g/mol. The van der Waals surface area contributed by atoms with E-state index < -0.39 is 5.60 Å². The lowest BCUT2D eigenvalue weighted by Gasteiger charge is -2.44. The Balaban J connectivity index is 0.000000206. The maximum absolute atomic E-state index is 12.3. The fraction of sp³-hybridized carbons (Fsp3) is 0.931. The number of ether oxygens (including phenoxy) is 1. The number of nitrogens with zero attached hydrogens (tertiary/aromatic N) is 4. The minimum absolute atomic E-state index is 0.131. The summed E-state index contributed by atoms with van der Waals surface area (Å²) in [4.78, 5) is 33.5. The minimum Gasteiger partial charge on any atom is -0.444 e. The van der Waals surface area contributed by atoms with Crippen LogP contribution in [0.25, 0.3) is 0 Å². The Morgan fingerprint density at radius 1 is 0.757 bits per heavy atom. The van der Waals surface area contributed by atoms with Gasteiger partial charge in [0.25, 0.3) is 0 Å². The number of carbonyl (C=O) groups excluding carboxylic acids is 2. The van der Waals surface area contributed by atoms with Crippen molar-refractivity contribution in [2.24, 2.45) is 0 Å². The predicted molar refractivity (Wildman–Crippen MR) is 150 cm³/mol. The first-order chi connectivity index (χ1) is 17.4. The van der Waals surface area contributed by atoms with Gasteiger partial charge in [-0.05, 0) is 80.6 Å². The molecule has 8 nitrogen and oxygen atoms in total. The van der Waals surface area contributed by atoms with Crippen LogP contribution in [0, 0.1) is 0 Å². The van der Waals surface area contributed by atoms with E-state index in [1.807, 2.05) is 30.6 Å². The third kappa shape index (κ3) is 9.02. The molecule has 2 heterocycles. The largest absolute Gasteiger partial charge is 0.444 e. The molecule has 2 aliphatic heterocycles. The number of hydrogen-bond acceptors (Lipinski definition) is 5. The molecular formula is C29H55N5O3. The van der Waals surface area contributed by atoms with Gasteiger partial charge in [0.15, 0.2) is 0 Å². The highest BCUT2D eigenvalue weighted by Crippen LogP contribution is 2.31. The number of nitrogens with one attached hydrogen (secondary N) is 1. The van der Waals surface area contributed by atoms with Crippen molar-refractivity contribution in [1.82, 2.24) is 24.9 Å². The molecule has 3 amide bonds. The predicted octanol–water partition coefficient (Wildman–Crippen LogP) is 4.92. The highest BCUT2D eigenvalue weighted by atomic mass is 16.6. The zero-order chi connectivity index (χ0) is 27.3.